The Bertz CT molecular complexity index is 152. The predicted molar refractivity (Wildman–Crippen MR) is 44.3 cm³/mol. The Kier molecular flexibility index (Phi) is 1.69. The Morgan fingerprint density at radius 1 is 1.36 bits per heavy atom. The molecule has 0 spiro atoms. The maximum absolute atomic E-state index is 10.0. The van der Waals surface area contributed by atoms with Gasteiger partial charge in [-0.3, -0.25) is 0 Å². The molecule has 0 radical (unpaired) electrons. The normalized spacial score (nSPS) is 50.7. The molecular formula is C9H17NO. The van der Waals surface area contributed by atoms with E-state index in [1.165, 1.54) is 12.8 Å². The van der Waals surface area contributed by atoms with Crippen molar-refractivity contribution in [3.05, 3.63) is 0 Å². The summed E-state index contributed by atoms with van der Waals surface area (Å²) in [7, 11) is 0. The number of hydrogen-bond donors (Lipinski definition) is 2. The second-order valence-electron chi connectivity index (χ2n) is 4.36. The van der Waals surface area contributed by atoms with Crippen LogP contribution in [0, 0.1) is 11.8 Å². The van der Waals surface area contributed by atoms with Crippen molar-refractivity contribution >= 4 is 0 Å². The van der Waals surface area contributed by atoms with Crippen LogP contribution in [0.4, 0.5) is 0 Å². The van der Waals surface area contributed by atoms with Crippen molar-refractivity contribution in [2.75, 3.05) is 13.1 Å². The average molecular weight is 155 g/mol. The van der Waals surface area contributed by atoms with Gasteiger partial charge in [-0.05, 0) is 44.6 Å². The zero-order valence-corrected chi connectivity index (χ0v) is 7.14. The zero-order valence-electron chi connectivity index (χ0n) is 7.14. The van der Waals surface area contributed by atoms with Gasteiger partial charge < -0.3 is 10.4 Å². The van der Waals surface area contributed by atoms with Gasteiger partial charge in [0.15, 0.2) is 0 Å². The molecule has 2 bridgehead atoms. The molecule has 2 saturated heterocycles. The third-order valence-electron chi connectivity index (χ3n) is 3.33. The summed E-state index contributed by atoms with van der Waals surface area (Å²) >= 11 is 0. The second kappa shape index (κ2) is 2.46. The quantitative estimate of drug-likeness (QED) is 0.541. The third kappa shape index (κ3) is 1.30. The first-order valence-electron chi connectivity index (χ1n) is 4.61. The van der Waals surface area contributed by atoms with Crippen molar-refractivity contribution in [2.24, 2.45) is 11.8 Å². The molecule has 1 saturated carbocycles. The van der Waals surface area contributed by atoms with E-state index in [4.69, 9.17) is 0 Å². The van der Waals surface area contributed by atoms with Gasteiger partial charge in [0.1, 0.15) is 0 Å². The van der Waals surface area contributed by atoms with Crippen LogP contribution >= 0.6 is 0 Å². The van der Waals surface area contributed by atoms with Crippen LogP contribution in [-0.2, 0) is 0 Å². The predicted octanol–water partition coefficient (Wildman–Crippen LogP) is 0.757. The lowest BCUT2D eigenvalue weighted by Gasteiger charge is -2.37. The minimum absolute atomic E-state index is 0.383. The number of aliphatic hydroxyl groups is 1. The molecule has 0 amide bonds. The van der Waals surface area contributed by atoms with Crippen LogP contribution < -0.4 is 5.32 Å². The fraction of sp³-hybridized carbons (Fsp3) is 1.00. The van der Waals surface area contributed by atoms with Crippen LogP contribution in [0.1, 0.15) is 26.2 Å². The van der Waals surface area contributed by atoms with E-state index in [1.807, 2.05) is 6.92 Å². The summed E-state index contributed by atoms with van der Waals surface area (Å²) in [6.45, 7) is 4.13. The molecule has 0 aromatic rings. The van der Waals surface area contributed by atoms with Gasteiger partial charge in [0.2, 0.25) is 0 Å². The highest BCUT2D eigenvalue weighted by Crippen LogP contribution is 2.38. The number of rotatable bonds is 0. The van der Waals surface area contributed by atoms with E-state index in [-0.39, 0.29) is 5.60 Å². The van der Waals surface area contributed by atoms with E-state index in [0.29, 0.717) is 5.92 Å². The van der Waals surface area contributed by atoms with Gasteiger partial charge in [0.25, 0.3) is 0 Å². The Morgan fingerprint density at radius 3 is 2.91 bits per heavy atom. The Hall–Kier alpha value is -0.0800. The first-order valence-corrected chi connectivity index (χ1v) is 4.61. The molecule has 2 N–H and O–H groups in total. The molecule has 2 heteroatoms. The molecular weight excluding hydrogens is 138 g/mol. The summed E-state index contributed by atoms with van der Waals surface area (Å²) < 4.78 is 0. The number of fused-ring (bicyclic) bond motifs is 4. The molecule has 3 unspecified atom stereocenters. The first kappa shape index (κ1) is 7.56. The molecule has 0 aromatic heterocycles. The summed E-state index contributed by atoms with van der Waals surface area (Å²) in [5, 5.41) is 13.4. The lowest BCUT2D eigenvalue weighted by atomic mass is 9.73. The lowest BCUT2D eigenvalue weighted by Crippen LogP contribution is -2.40. The van der Waals surface area contributed by atoms with Gasteiger partial charge >= 0.3 is 0 Å². The largest absolute Gasteiger partial charge is 0.390 e. The topological polar surface area (TPSA) is 32.3 Å². The third-order valence-corrected chi connectivity index (χ3v) is 3.33. The van der Waals surface area contributed by atoms with Gasteiger partial charge in [0.05, 0.1) is 5.60 Å². The highest BCUT2D eigenvalue weighted by atomic mass is 16.3. The molecule has 2 nitrogen and oxygen atoms in total. The minimum atomic E-state index is -0.383. The Balaban J connectivity index is 2.17. The van der Waals surface area contributed by atoms with Gasteiger partial charge in [-0.1, -0.05) is 0 Å². The van der Waals surface area contributed by atoms with Crippen LogP contribution in [0.15, 0.2) is 0 Å². The zero-order chi connectivity index (χ0) is 7.90. The molecule has 1 aliphatic carbocycles. The SMILES string of the molecule is CC1(O)CC2CCC1CNC2. The van der Waals surface area contributed by atoms with Crippen LogP contribution in [0.3, 0.4) is 0 Å². The van der Waals surface area contributed by atoms with Crippen LogP contribution in [0.2, 0.25) is 0 Å². The van der Waals surface area contributed by atoms with Crippen molar-refractivity contribution in [2.45, 2.75) is 31.8 Å². The maximum Gasteiger partial charge on any atom is 0.0663 e. The van der Waals surface area contributed by atoms with E-state index in [2.05, 4.69) is 5.32 Å². The molecule has 2 heterocycles. The molecule has 3 atom stereocenters. The molecule has 3 aliphatic rings. The van der Waals surface area contributed by atoms with E-state index in [1.54, 1.807) is 0 Å². The van der Waals surface area contributed by atoms with Crippen LogP contribution in [0.25, 0.3) is 0 Å². The van der Waals surface area contributed by atoms with Crippen molar-refractivity contribution < 1.29 is 5.11 Å². The summed E-state index contributed by atoms with van der Waals surface area (Å²) in [5.74, 6) is 1.23. The molecule has 3 fully saturated rings. The molecule has 3 rings (SSSR count). The smallest absolute Gasteiger partial charge is 0.0663 e. The highest BCUT2D eigenvalue weighted by molar-refractivity contribution is 4.94. The van der Waals surface area contributed by atoms with Gasteiger partial charge in [-0.25, -0.2) is 0 Å². The van der Waals surface area contributed by atoms with E-state index in [9.17, 15) is 5.11 Å². The number of hydrogen-bond acceptors (Lipinski definition) is 2. The average Bonchev–Trinajstić information content (AvgIpc) is 2.17. The van der Waals surface area contributed by atoms with Gasteiger partial charge in [-0.15, -0.1) is 0 Å². The van der Waals surface area contributed by atoms with Gasteiger partial charge in [-0.2, -0.15) is 0 Å². The van der Waals surface area contributed by atoms with E-state index in [0.717, 1.165) is 25.4 Å². The van der Waals surface area contributed by atoms with Gasteiger partial charge in [0, 0.05) is 6.54 Å². The van der Waals surface area contributed by atoms with Crippen molar-refractivity contribution in [3.8, 4) is 0 Å². The minimum Gasteiger partial charge on any atom is -0.390 e. The Labute approximate surface area is 68.0 Å². The van der Waals surface area contributed by atoms with E-state index >= 15 is 0 Å². The van der Waals surface area contributed by atoms with Crippen LogP contribution in [-0.4, -0.2) is 23.8 Å². The summed E-state index contributed by atoms with van der Waals surface area (Å²) in [6, 6.07) is 0. The van der Waals surface area contributed by atoms with E-state index < -0.39 is 0 Å². The summed E-state index contributed by atoms with van der Waals surface area (Å²) in [6.07, 6.45) is 3.53. The monoisotopic (exact) mass is 155 g/mol. The maximum atomic E-state index is 10.0. The van der Waals surface area contributed by atoms with Crippen LogP contribution in [0.5, 0.6) is 0 Å². The standard InChI is InChI=1S/C9H17NO/c1-9(11)4-7-2-3-8(9)6-10-5-7/h7-8,10-11H,2-6H2,1H3. The Morgan fingerprint density at radius 2 is 2.18 bits per heavy atom. The molecule has 2 aliphatic heterocycles. The fourth-order valence-electron chi connectivity index (χ4n) is 2.56. The summed E-state index contributed by atoms with van der Waals surface area (Å²) in [5.41, 5.74) is -0.383. The van der Waals surface area contributed by atoms with Crippen molar-refractivity contribution in [1.29, 1.82) is 0 Å². The summed E-state index contributed by atoms with van der Waals surface area (Å²) in [4.78, 5) is 0. The number of nitrogens with one attached hydrogen (secondary N) is 1. The van der Waals surface area contributed by atoms with Crippen molar-refractivity contribution in [1.82, 2.24) is 5.32 Å². The lowest BCUT2D eigenvalue weighted by molar-refractivity contribution is -0.0361. The second-order valence-corrected chi connectivity index (χ2v) is 4.36. The highest BCUT2D eigenvalue weighted by Gasteiger charge is 2.40. The fourth-order valence-corrected chi connectivity index (χ4v) is 2.56. The first-order chi connectivity index (χ1) is 5.18. The van der Waals surface area contributed by atoms with Crippen molar-refractivity contribution in [3.63, 3.8) is 0 Å². The molecule has 0 aromatic carbocycles. The molecule has 11 heavy (non-hydrogen) atoms. The molecule has 64 valence electrons.